The number of carbonyl (C=O) groups is 2. The van der Waals surface area contributed by atoms with E-state index in [2.05, 4.69) is 20.9 Å². The number of allylic oxidation sites excluding steroid dienone is 1. The van der Waals surface area contributed by atoms with Crippen LogP contribution < -0.4 is 0 Å². The van der Waals surface area contributed by atoms with Crippen LogP contribution in [0.2, 0.25) is 0 Å². The highest BCUT2D eigenvalue weighted by Gasteiger charge is 2.41. The highest BCUT2D eigenvalue weighted by atomic mass is 79.9. The maximum atomic E-state index is 13.0. The van der Waals surface area contributed by atoms with Crippen LogP contribution in [0.5, 0.6) is 0 Å². The Morgan fingerprint density at radius 2 is 1.77 bits per heavy atom. The van der Waals surface area contributed by atoms with Gasteiger partial charge in [-0.15, -0.1) is 0 Å². The maximum Gasteiger partial charge on any atom is 0.336 e. The Kier molecular flexibility index (Phi) is 7.00. The summed E-state index contributed by atoms with van der Waals surface area (Å²) in [5, 5.41) is 9.85. The standard InChI is InChI=1S/C24H22BrNO4/c1-15-20(23(27)28)22(18-10-12-19(25)13-11-18)21(16(2)26-15)24(29)30-14-6-9-17-7-4-3-5-8-17/h3-13,20,22H,14H2,1-2H3,(H,27,28). The molecule has 0 aliphatic carbocycles. The Labute approximate surface area is 183 Å². The summed E-state index contributed by atoms with van der Waals surface area (Å²) in [7, 11) is 0. The van der Waals surface area contributed by atoms with Crippen molar-refractivity contribution in [3.63, 3.8) is 0 Å². The van der Waals surface area contributed by atoms with E-state index in [4.69, 9.17) is 4.74 Å². The molecule has 1 aliphatic heterocycles. The van der Waals surface area contributed by atoms with Crippen molar-refractivity contribution in [2.24, 2.45) is 10.9 Å². The molecule has 2 aromatic carbocycles. The van der Waals surface area contributed by atoms with Crippen molar-refractivity contribution in [3.8, 4) is 0 Å². The maximum absolute atomic E-state index is 13.0. The van der Waals surface area contributed by atoms with Gasteiger partial charge in [-0.2, -0.15) is 0 Å². The normalized spacial score (nSPS) is 19.0. The Bertz CT molecular complexity index is 1020. The first-order chi connectivity index (χ1) is 14.4. The number of hydrogen-bond acceptors (Lipinski definition) is 4. The molecule has 0 spiro atoms. The van der Waals surface area contributed by atoms with E-state index in [1.54, 1.807) is 19.9 Å². The number of rotatable bonds is 6. The van der Waals surface area contributed by atoms with E-state index in [0.29, 0.717) is 11.4 Å². The smallest absolute Gasteiger partial charge is 0.336 e. The minimum Gasteiger partial charge on any atom is -0.481 e. The van der Waals surface area contributed by atoms with Gasteiger partial charge in [0.05, 0.1) is 5.57 Å². The van der Waals surface area contributed by atoms with Gasteiger partial charge in [-0.1, -0.05) is 64.5 Å². The predicted octanol–water partition coefficient (Wildman–Crippen LogP) is 5.24. The van der Waals surface area contributed by atoms with Crippen LogP contribution in [0.3, 0.4) is 0 Å². The van der Waals surface area contributed by atoms with Gasteiger partial charge in [-0.3, -0.25) is 9.79 Å². The number of benzene rings is 2. The van der Waals surface area contributed by atoms with Crippen LogP contribution in [0.25, 0.3) is 6.08 Å². The topological polar surface area (TPSA) is 76.0 Å². The molecule has 2 aromatic rings. The summed E-state index contributed by atoms with van der Waals surface area (Å²) in [6.07, 6.45) is 3.62. The molecule has 0 amide bonds. The largest absolute Gasteiger partial charge is 0.481 e. The van der Waals surface area contributed by atoms with E-state index in [0.717, 1.165) is 15.6 Å². The van der Waals surface area contributed by atoms with E-state index in [1.165, 1.54) is 0 Å². The Balaban J connectivity index is 1.87. The van der Waals surface area contributed by atoms with Gasteiger partial charge < -0.3 is 9.84 Å². The van der Waals surface area contributed by atoms with Crippen LogP contribution >= 0.6 is 15.9 Å². The number of halogens is 1. The first-order valence-electron chi connectivity index (χ1n) is 9.51. The molecule has 0 saturated heterocycles. The lowest BCUT2D eigenvalue weighted by Gasteiger charge is -2.30. The lowest BCUT2D eigenvalue weighted by molar-refractivity contribution is -0.140. The summed E-state index contributed by atoms with van der Waals surface area (Å²) < 4.78 is 6.33. The fraction of sp³-hybridized carbons (Fsp3) is 0.208. The number of aliphatic imine (C=N–C) groups is 1. The molecule has 0 aromatic heterocycles. The average Bonchev–Trinajstić information content (AvgIpc) is 2.71. The summed E-state index contributed by atoms with van der Waals surface area (Å²) in [5.74, 6) is -3.18. The zero-order chi connectivity index (χ0) is 21.7. The Morgan fingerprint density at radius 1 is 1.10 bits per heavy atom. The molecule has 3 rings (SSSR count). The molecule has 2 unspecified atom stereocenters. The van der Waals surface area contributed by atoms with Crippen molar-refractivity contribution in [3.05, 3.63) is 87.5 Å². The molecule has 1 N–H and O–H groups in total. The number of carboxylic acids is 1. The zero-order valence-corrected chi connectivity index (χ0v) is 18.3. The molecule has 5 nitrogen and oxygen atoms in total. The van der Waals surface area contributed by atoms with Gasteiger partial charge in [0.2, 0.25) is 0 Å². The number of nitrogens with zero attached hydrogens (tertiary/aromatic N) is 1. The predicted molar refractivity (Wildman–Crippen MR) is 120 cm³/mol. The lowest BCUT2D eigenvalue weighted by atomic mass is 9.75. The van der Waals surface area contributed by atoms with E-state index in [-0.39, 0.29) is 12.2 Å². The number of esters is 1. The SMILES string of the molecule is CC1=NC(C)=C(C(=O)OCC=Cc2ccccc2)C(c2ccc(Br)cc2)C1C(=O)O. The summed E-state index contributed by atoms with van der Waals surface area (Å²) in [6.45, 7) is 3.47. The summed E-state index contributed by atoms with van der Waals surface area (Å²) >= 11 is 3.39. The third kappa shape index (κ3) is 4.94. The second-order valence-corrected chi connectivity index (χ2v) is 7.92. The molecule has 0 bridgehead atoms. The van der Waals surface area contributed by atoms with Crippen LogP contribution in [-0.2, 0) is 14.3 Å². The van der Waals surface area contributed by atoms with Crippen molar-refractivity contribution in [1.29, 1.82) is 0 Å². The highest BCUT2D eigenvalue weighted by molar-refractivity contribution is 9.10. The quantitative estimate of drug-likeness (QED) is 0.589. The van der Waals surface area contributed by atoms with Gasteiger partial charge in [0, 0.05) is 21.8 Å². The molecule has 0 radical (unpaired) electrons. The second kappa shape index (κ2) is 9.67. The molecule has 0 fully saturated rings. The number of carbonyl (C=O) groups excluding carboxylic acids is 1. The summed E-state index contributed by atoms with van der Waals surface area (Å²) in [5.41, 5.74) is 2.96. The third-order valence-electron chi connectivity index (χ3n) is 4.96. The zero-order valence-electron chi connectivity index (χ0n) is 16.7. The average molecular weight is 468 g/mol. The van der Waals surface area contributed by atoms with Gasteiger partial charge in [-0.05, 0) is 43.2 Å². The van der Waals surface area contributed by atoms with Crippen molar-refractivity contribution < 1.29 is 19.4 Å². The minimum absolute atomic E-state index is 0.0813. The monoisotopic (exact) mass is 467 g/mol. The van der Waals surface area contributed by atoms with Crippen molar-refractivity contribution in [1.82, 2.24) is 0 Å². The first kappa shape index (κ1) is 21.7. The molecule has 30 heavy (non-hydrogen) atoms. The van der Waals surface area contributed by atoms with Crippen LogP contribution in [0.1, 0.15) is 30.9 Å². The second-order valence-electron chi connectivity index (χ2n) is 7.01. The summed E-state index contributed by atoms with van der Waals surface area (Å²) in [4.78, 5) is 29.3. The van der Waals surface area contributed by atoms with Crippen LogP contribution in [0, 0.1) is 5.92 Å². The Hall–Kier alpha value is -2.99. The van der Waals surface area contributed by atoms with Crippen LogP contribution in [0.15, 0.2) is 81.4 Å². The van der Waals surface area contributed by atoms with E-state index in [1.807, 2.05) is 60.7 Å². The summed E-state index contributed by atoms with van der Waals surface area (Å²) in [6, 6.07) is 17.0. The fourth-order valence-electron chi connectivity index (χ4n) is 3.60. The third-order valence-corrected chi connectivity index (χ3v) is 5.49. The van der Waals surface area contributed by atoms with Gasteiger partial charge in [-0.25, -0.2) is 4.79 Å². The number of carboxylic acid groups (broad SMARTS) is 1. The van der Waals surface area contributed by atoms with Crippen molar-refractivity contribution in [2.75, 3.05) is 6.61 Å². The van der Waals surface area contributed by atoms with E-state index < -0.39 is 23.8 Å². The van der Waals surface area contributed by atoms with Gasteiger partial charge in [0.25, 0.3) is 0 Å². The molecular formula is C24H22BrNO4. The highest BCUT2D eigenvalue weighted by Crippen LogP contribution is 2.39. The number of hydrogen-bond donors (Lipinski definition) is 1. The molecule has 1 heterocycles. The van der Waals surface area contributed by atoms with Crippen LogP contribution in [0.4, 0.5) is 0 Å². The molecular weight excluding hydrogens is 446 g/mol. The first-order valence-corrected chi connectivity index (χ1v) is 10.3. The van der Waals surface area contributed by atoms with E-state index in [9.17, 15) is 14.7 Å². The minimum atomic E-state index is -1.02. The molecule has 154 valence electrons. The molecule has 6 heteroatoms. The van der Waals surface area contributed by atoms with Gasteiger partial charge >= 0.3 is 11.9 Å². The van der Waals surface area contributed by atoms with Gasteiger partial charge in [0.15, 0.2) is 0 Å². The molecule has 0 saturated carbocycles. The lowest BCUT2D eigenvalue weighted by Crippen LogP contribution is -2.35. The van der Waals surface area contributed by atoms with E-state index >= 15 is 0 Å². The van der Waals surface area contributed by atoms with Crippen molar-refractivity contribution >= 4 is 39.7 Å². The number of ether oxygens (including phenoxy) is 1. The Morgan fingerprint density at radius 3 is 2.40 bits per heavy atom. The van der Waals surface area contributed by atoms with Gasteiger partial charge in [0.1, 0.15) is 12.5 Å². The number of aliphatic carboxylic acids is 1. The fourth-order valence-corrected chi connectivity index (χ4v) is 3.87. The molecule has 1 aliphatic rings. The van der Waals surface area contributed by atoms with Crippen molar-refractivity contribution in [2.45, 2.75) is 19.8 Å². The molecule has 2 atom stereocenters. The van der Waals surface area contributed by atoms with Crippen LogP contribution in [-0.4, -0.2) is 29.4 Å².